The minimum Gasteiger partial charge on any atom is -0.493 e. The number of hydrogen-bond acceptors (Lipinski definition) is 6. The van der Waals surface area contributed by atoms with Gasteiger partial charge < -0.3 is 9.47 Å². The number of nitrogens with zero attached hydrogens (tertiary/aromatic N) is 2. The fourth-order valence-corrected chi connectivity index (χ4v) is 3.19. The van der Waals surface area contributed by atoms with Gasteiger partial charge in [-0.05, 0) is 35.9 Å². The van der Waals surface area contributed by atoms with Crippen LogP contribution in [-0.2, 0) is 6.42 Å². The molecule has 0 radical (unpaired) electrons. The first-order chi connectivity index (χ1) is 12.6. The summed E-state index contributed by atoms with van der Waals surface area (Å²) in [5, 5.41) is 12.8. The van der Waals surface area contributed by atoms with Crippen LogP contribution in [0.15, 0.2) is 42.5 Å². The number of ether oxygens (including phenoxy) is 2. The maximum Gasteiger partial charge on any atom is 0.257 e. The number of methoxy groups -OCH3 is 2. The Morgan fingerprint density at radius 1 is 1.08 bits per heavy atom. The van der Waals surface area contributed by atoms with Gasteiger partial charge in [0.25, 0.3) is 5.91 Å². The molecule has 0 fully saturated rings. The number of amides is 1. The van der Waals surface area contributed by atoms with E-state index < -0.39 is 0 Å². The second-order valence-electron chi connectivity index (χ2n) is 5.33. The van der Waals surface area contributed by atoms with Crippen LogP contribution in [0.3, 0.4) is 0 Å². The largest absolute Gasteiger partial charge is 0.493 e. The van der Waals surface area contributed by atoms with Gasteiger partial charge in [0.15, 0.2) is 11.5 Å². The molecule has 0 aliphatic carbocycles. The van der Waals surface area contributed by atoms with E-state index in [0.29, 0.717) is 33.6 Å². The van der Waals surface area contributed by atoms with Crippen LogP contribution < -0.4 is 14.8 Å². The summed E-state index contributed by atoms with van der Waals surface area (Å²) in [7, 11) is 3.06. The van der Waals surface area contributed by atoms with Gasteiger partial charge in [0, 0.05) is 17.0 Å². The lowest BCUT2D eigenvalue weighted by Crippen LogP contribution is -2.11. The Labute approximate surface area is 159 Å². The number of aromatic nitrogens is 2. The molecule has 8 heteroatoms. The third-order valence-corrected chi connectivity index (χ3v) is 4.69. The van der Waals surface area contributed by atoms with Crippen LogP contribution in [0.4, 0.5) is 5.13 Å². The van der Waals surface area contributed by atoms with Crippen LogP contribution in [0.25, 0.3) is 0 Å². The summed E-state index contributed by atoms with van der Waals surface area (Å²) in [6, 6.07) is 12.5. The summed E-state index contributed by atoms with van der Waals surface area (Å²) in [6.45, 7) is 0. The van der Waals surface area contributed by atoms with E-state index >= 15 is 0 Å². The second-order valence-corrected chi connectivity index (χ2v) is 6.83. The highest BCUT2D eigenvalue weighted by Gasteiger charge is 2.13. The molecule has 0 bridgehead atoms. The lowest BCUT2D eigenvalue weighted by atomic mass is 10.2. The van der Waals surface area contributed by atoms with Crippen LogP contribution in [0.2, 0.25) is 5.02 Å². The highest BCUT2D eigenvalue weighted by molar-refractivity contribution is 7.15. The molecular formula is C18H16ClN3O3S. The Kier molecular flexibility index (Phi) is 5.70. The quantitative estimate of drug-likeness (QED) is 0.688. The van der Waals surface area contributed by atoms with Crippen molar-refractivity contribution in [3.8, 4) is 11.5 Å². The number of rotatable bonds is 6. The van der Waals surface area contributed by atoms with E-state index in [1.54, 1.807) is 25.3 Å². The van der Waals surface area contributed by atoms with Crippen LogP contribution in [0, 0.1) is 0 Å². The van der Waals surface area contributed by atoms with Crippen molar-refractivity contribution in [1.29, 1.82) is 0 Å². The summed E-state index contributed by atoms with van der Waals surface area (Å²) in [4.78, 5) is 12.4. The number of carbonyl (C=O) groups is 1. The molecule has 1 aromatic heterocycles. The van der Waals surface area contributed by atoms with Crippen molar-refractivity contribution in [2.75, 3.05) is 19.5 Å². The van der Waals surface area contributed by atoms with E-state index in [0.717, 1.165) is 10.6 Å². The highest BCUT2D eigenvalue weighted by atomic mass is 35.5. The number of hydrogen-bond donors (Lipinski definition) is 1. The molecule has 134 valence electrons. The van der Waals surface area contributed by atoms with E-state index in [4.69, 9.17) is 21.1 Å². The molecule has 0 unspecified atom stereocenters. The lowest BCUT2D eigenvalue weighted by Gasteiger charge is -2.08. The smallest absolute Gasteiger partial charge is 0.257 e. The van der Waals surface area contributed by atoms with Gasteiger partial charge in [-0.15, -0.1) is 10.2 Å². The Hall–Kier alpha value is -2.64. The molecule has 1 amide bonds. The lowest BCUT2D eigenvalue weighted by molar-refractivity contribution is 0.102. The van der Waals surface area contributed by atoms with Gasteiger partial charge in [0.1, 0.15) is 5.01 Å². The third-order valence-electron chi connectivity index (χ3n) is 3.60. The van der Waals surface area contributed by atoms with Crippen molar-refractivity contribution in [3.63, 3.8) is 0 Å². The van der Waals surface area contributed by atoms with Gasteiger partial charge in [0.05, 0.1) is 14.2 Å². The first-order valence-electron chi connectivity index (χ1n) is 7.69. The van der Waals surface area contributed by atoms with E-state index in [-0.39, 0.29) is 5.91 Å². The Balaban J connectivity index is 1.68. The van der Waals surface area contributed by atoms with Gasteiger partial charge in [-0.25, -0.2) is 0 Å². The number of anilines is 1. The number of benzene rings is 2. The van der Waals surface area contributed by atoms with Crippen molar-refractivity contribution in [3.05, 3.63) is 63.6 Å². The Bertz CT molecular complexity index is 912. The van der Waals surface area contributed by atoms with E-state index in [1.165, 1.54) is 18.4 Å². The van der Waals surface area contributed by atoms with E-state index in [1.807, 2.05) is 24.3 Å². The molecule has 3 rings (SSSR count). The topological polar surface area (TPSA) is 73.3 Å². The fraction of sp³-hybridized carbons (Fsp3) is 0.167. The molecular weight excluding hydrogens is 374 g/mol. The van der Waals surface area contributed by atoms with Gasteiger partial charge in [0.2, 0.25) is 5.13 Å². The SMILES string of the molecule is COc1ccc(C(=O)Nc2nnc(Cc3ccc(Cl)cc3)s2)cc1OC. The molecule has 0 atom stereocenters. The number of nitrogens with one attached hydrogen (secondary N) is 1. The minimum absolute atomic E-state index is 0.292. The minimum atomic E-state index is -0.292. The van der Waals surface area contributed by atoms with Crippen LogP contribution in [0.1, 0.15) is 20.9 Å². The zero-order chi connectivity index (χ0) is 18.5. The predicted octanol–water partition coefficient (Wildman–Crippen LogP) is 4.05. The standard InChI is InChI=1S/C18H16ClN3O3S/c1-24-14-8-5-12(10-15(14)25-2)17(23)20-18-22-21-16(26-18)9-11-3-6-13(19)7-4-11/h3-8,10H,9H2,1-2H3,(H,20,22,23). The van der Waals surface area contributed by atoms with Gasteiger partial charge in [-0.3, -0.25) is 10.1 Å². The maximum atomic E-state index is 12.4. The molecule has 1 N–H and O–H groups in total. The van der Waals surface area contributed by atoms with Crippen molar-refractivity contribution >= 4 is 34.0 Å². The third kappa shape index (κ3) is 4.30. The average molecular weight is 390 g/mol. The molecule has 1 heterocycles. The number of halogens is 1. The van der Waals surface area contributed by atoms with Crippen molar-refractivity contribution < 1.29 is 14.3 Å². The zero-order valence-corrected chi connectivity index (χ0v) is 15.7. The molecule has 6 nitrogen and oxygen atoms in total. The zero-order valence-electron chi connectivity index (χ0n) is 14.2. The highest BCUT2D eigenvalue weighted by Crippen LogP contribution is 2.28. The van der Waals surface area contributed by atoms with E-state index in [2.05, 4.69) is 15.5 Å². The summed E-state index contributed by atoms with van der Waals surface area (Å²) in [6.07, 6.45) is 0.626. The molecule has 0 aliphatic rings. The first kappa shape index (κ1) is 18.2. The van der Waals surface area contributed by atoms with Crippen molar-refractivity contribution in [1.82, 2.24) is 10.2 Å². The van der Waals surface area contributed by atoms with E-state index in [9.17, 15) is 4.79 Å². The van der Waals surface area contributed by atoms with Gasteiger partial charge in [-0.1, -0.05) is 35.1 Å². The molecule has 26 heavy (non-hydrogen) atoms. The predicted molar refractivity (Wildman–Crippen MR) is 102 cm³/mol. The summed E-state index contributed by atoms with van der Waals surface area (Å²) in [5.74, 6) is 0.756. The van der Waals surface area contributed by atoms with Crippen molar-refractivity contribution in [2.24, 2.45) is 0 Å². The maximum absolute atomic E-state index is 12.4. The molecule has 0 aliphatic heterocycles. The molecule has 0 saturated carbocycles. The summed E-state index contributed by atoms with van der Waals surface area (Å²) in [5.41, 5.74) is 1.51. The normalized spacial score (nSPS) is 10.4. The number of carbonyl (C=O) groups excluding carboxylic acids is 1. The Morgan fingerprint density at radius 3 is 2.50 bits per heavy atom. The van der Waals surface area contributed by atoms with Crippen LogP contribution in [-0.4, -0.2) is 30.3 Å². The van der Waals surface area contributed by atoms with Crippen LogP contribution in [0.5, 0.6) is 11.5 Å². The molecule has 3 aromatic rings. The molecule has 2 aromatic carbocycles. The molecule has 0 saturated heterocycles. The van der Waals surface area contributed by atoms with Gasteiger partial charge in [-0.2, -0.15) is 0 Å². The van der Waals surface area contributed by atoms with Crippen LogP contribution >= 0.6 is 22.9 Å². The van der Waals surface area contributed by atoms with Crippen molar-refractivity contribution in [2.45, 2.75) is 6.42 Å². The summed E-state index contributed by atoms with van der Waals surface area (Å²) >= 11 is 7.21. The van der Waals surface area contributed by atoms with Gasteiger partial charge >= 0.3 is 0 Å². The second kappa shape index (κ2) is 8.16. The Morgan fingerprint density at radius 2 is 1.81 bits per heavy atom. The summed E-state index contributed by atoms with van der Waals surface area (Å²) < 4.78 is 10.4. The first-order valence-corrected chi connectivity index (χ1v) is 8.88. The molecule has 0 spiro atoms. The monoisotopic (exact) mass is 389 g/mol. The fourth-order valence-electron chi connectivity index (χ4n) is 2.30. The average Bonchev–Trinajstić information content (AvgIpc) is 3.09.